The third-order valence-corrected chi connectivity index (χ3v) is 5.04. The topological polar surface area (TPSA) is 97.5 Å². The van der Waals surface area contributed by atoms with Gasteiger partial charge in [-0.15, -0.1) is 0 Å². The molecule has 1 aromatic heterocycles. The second-order valence-corrected chi connectivity index (χ2v) is 7.57. The molecule has 2 rings (SSSR count). The number of nitrogens with two attached hydrogens (primary N) is 1. The SMILES string of the molecule is COc1c(C(C)(C)NCC(=O)c2ccccc2)cc(C(O)(CN)C(F)(F)F)nc1Cl. The molecule has 0 spiro atoms. The molecule has 2 aromatic rings. The van der Waals surface area contributed by atoms with Crippen molar-refractivity contribution in [1.82, 2.24) is 10.3 Å². The molecule has 0 aliphatic rings. The van der Waals surface area contributed by atoms with Crippen LogP contribution in [0.25, 0.3) is 0 Å². The zero-order valence-corrected chi connectivity index (χ0v) is 17.4. The number of carbonyl (C=O) groups excluding carboxylic acids is 1. The number of hydrogen-bond donors (Lipinski definition) is 3. The molecule has 0 fully saturated rings. The molecule has 30 heavy (non-hydrogen) atoms. The Bertz CT molecular complexity index is 907. The molecular formula is C20H23ClF3N3O3. The molecule has 0 saturated carbocycles. The van der Waals surface area contributed by atoms with Gasteiger partial charge < -0.3 is 20.9 Å². The average molecular weight is 446 g/mol. The maximum Gasteiger partial charge on any atom is 0.424 e. The summed E-state index contributed by atoms with van der Waals surface area (Å²) in [5.41, 5.74) is 0.655. The van der Waals surface area contributed by atoms with Crippen molar-refractivity contribution < 1.29 is 27.8 Å². The molecule has 0 aliphatic carbocycles. The van der Waals surface area contributed by atoms with E-state index in [0.29, 0.717) is 5.56 Å². The largest absolute Gasteiger partial charge is 0.493 e. The van der Waals surface area contributed by atoms with Crippen LogP contribution in [0, 0.1) is 0 Å². The third-order valence-electron chi connectivity index (χ3n) is 4.78. The zero-order valence-electron chi connectivity index (χ0n) is 16.7. The number of hydrogen-bond acceptors (Lipinski definition) is 6. The van der Waals surface area contributed by atoms with Crippen LogP contribution in [-0.4, -0.2) is 42.2 Å². The Morgan fingerprint density at radius 2 is 1.87 bits per heavy atom. The van der Waals surface area contributed by atoms with Gasteiger partial charge >= 0.3 is 6.18 Å². The maximum absolute atomic E-state index is 13.5. The monoisotopic (exact) mass is 445 g/mol. The first-order valence-corrected chi connectivity index (χ1v) is 9.33. The number of Topliss-reactive ketones (excluding diaryl/α,β-unsaturated/α-hetero) is 1. The van der Waals surface area contributed by atoms with E-state index in [1.165, 1.54) is 7.11 Å². The number of carbonyl (C=O) groups is 1. The molecule has 0 saturated heterocycles. The van der Waals surface area contributed by atoms with Gasteiger partial charge in [0.25, 0.3) is 0 Å². The maximum atomic E-state index is 13.5. The quantitative estimate of drug-likeness (QED) is 0.426. The third kappa shape index (κ3) is 4.75. The van der Waals surface area contributed by atoms with Gasteiger partial charge in [0.1, 0.15) is 0 Å². The van der Waals surface area contributed by atoms with Crippen LogP contribution in [0.1, 0.15) is 35.5 Å². The number of alkyl halides is 3. The molecule has 0 amide bonds. The van der Waals surface area contributed by atoms with Crippen molar-refractivity contribution in [2.24, 2.45) is 5.73 Å². The number of halogens is 4. The van der Waals surface area contributed by atoms with Crippen molar-refractivity contribution in [1.29, 1.82) is 0 Å². The fraction of sp³-hybridized carbons (Fsp3) is 0.400. The summed E-state index contributed by atoms with van der Waals surface area (Å²) in [5.74, 6) is -0.191. The molecule has 1 atom stereocenters. The molecule has 0 radical (unpaired) electrons. The average Bonchev–Trinajstić information content (AvgIpc) is 2.70. The minimum atomic E-state index is -5.08. The van der Waals surface area contributed by atoms with Gasteiger partial charge in [-0.3, -0.25) is 4.79 Å². The predicted molar refractivity (Wildman–Crippen MR) is 107 cm³/mol. The number of aromatic nitrogens is 1. The molecule has 1 aromatic carbocycles. The first kappa shape index (κ1) is 24.1. The van der Waals surface area contributed by atoms with Crippen LogP contribution in [0.2, 0.25) is 5.15 Å². The second-order valence-electron chi connectivity index (χ2n) is 7.21. The first-order valence-electron chi connectivity index (χ1n) is 8.95. The zero-order chi connectivity index (χ0) is 22.7. The Labute approximate surface area is 177 Å². The van der Waals surface area contributed by atoms with Crippen LogP contribution in [0.4, 0.5) is 13.2 Å². The lowest BCUT2D eigenvalue weighted by atomic mass is 9.89. The molecule has 6 nitrogen and oxygen atoms in total. The van der Waals surface area contributed by atoms with E-state index >= 15 is 0 Å². The van der Waals surface area contributed by atoms with E-state index < -0.39 is 29.6 Å². The van der Waals surface area contributed by atoms with Crippen LogP contribution in [-0.2, 0) is 11.1 Å². The summed E-state index contributed by atoms with van der Waals surface area (Å²) in [6.07, 6.45) is -5.08. The van der Waals surface area contributed by atoms with Crippen molar-refractivity contribution in [3.8, 4) is 5.75 Å². The summed E-state index contributed by atoms with van der Waals surface area (Å²) in [6, 6.07) is 9.57. The Morgan fingerprint density at radius 1 is 1.27 bits per heavy atom. The number of ketones is 1. The number of rotatable bonds is 8. The van der Waals surface area contributed by atoms with Crippen LogP contribution in [0.3, 0.4) is 0 Å². The van der Waals surface area contributed by atoms with Crippen LogP contribution in [0.15, 0.2) is 36.4 Å². The Kier molecular flexibility index (Phi) is 7.13. The normalized spacial score (nSPS) is 14.3. The van der Waals surface area contributed by atoms with Gasteiger partial charge in [0.2, 0.25) is 5.60 Å². The van der Waals surface area contributed by atoms with Crippen LogP contribution in [0.5, 0.6) is 5.75 Å². The number of pyridine rings is 1. The van der Waals surface area contributed by atoms with E-state index in [1.54, 1.807) is 44.2 Å². The van der Waals surface area contributed by atoms with E-state index in [2.05, 4.69) is 10.3 Å². The van der Waals surface area contributed by atoms with Crippen LogP contribution < -0.4 is 15.8 Å². The molecule has 4 N–H and O–H groups in total. The van der Waals surface area contributed by atoms with Crippen molar-refractivity contribution in [3.63, 3.8) is 0 Å². The van der Waals surface area contributed by atoms with Gasteiger partial charge in [-0.1, -0.05) is 41.9 Å². The minimum absolute atomic E-state index is 0.0200. The van der Waals surface area contributed by atoms with Gasteiger partial charge in [-0.25, -0.2) is 4.98 Å². The standard InChI is InChI=1S/C20H23ClF3N3O3/c1-18(2,26-10-14(28)12-7-5-4-6-8-12)13-9-15(27-17(21)16(13)30-3)19(29,11-25)20(22,23)24/h4-9,26,29H,10-11,25H2,1-3H3. The van der Waals surface area contributed by atoms with E-state index in [0.717, 1.165) is 6.07 Å². The highest BCUT2D eigenvalue weighted by Crippen LogP contribution is 2.42. The molecular weight excluding hydrogens is 423 g/mol. The highest BCUT2D eigenvalue weighted by molar-refractivity contribution is 6.31. The Balaban J connectivity index is 2.45. The van der Waals surface area contributed by atoms with Crippen molar-refractivity contribution in [3.05, 3.63) is 58.4 Å². The van der Waals surface area contributed by atoms with Crippen molar-refractivity contribution in [2.75, 3.05) is 20.2 Å². The smallest absolute Gasteiger partial charge is 0.424 e. The highest BCUT2D eigenvalue weighted by Gasteiger charge is 2.55. The summed E-state index contributed by atoms with van der Waals surface area (Å²) in [7, 11) is 1.29. The highest BCUT2D eigenvalue weighted by atomic mass is 35.5. The molecule has 0 bridgehead atoms. The van der Waals surface area contributed by atoms with E-state index in [-0.39, 0.29) is 28.8 Å². The summed E-state index contributed by atoms with van der Waals surface area (Å²) in [4.78, 5) is 16.1. The van der Waals surface area contributed by atoms with Gasteiger partial charge in [0.15, 0.2) is 16.7 Å². The number of nitrogens with one attached hydrogen (secondary N) is 1. The molecule has 1 unspecified atom stereocenters. The van der Waals surface area contributed by atoms with Gasteiger partial charge in [-0.2, -0.15) is 13.2 Å². The Hall–Kier alpha value is -2.20. The molecule has 164 valence electrons. The summed E-state index contributed by atoms with van der Waals surface area (Å²) >= 11 is 6.06. The Morgan fingerprint density at radius 3 is 2.37 bits per heavy atom. The van der Waals surface area contributed by atoms with Gasteiger partial charge in [0, 0.05) is 23.2 Å². The number of benzene rings is 1. The number of methoxy groups -OCH3 is 1. The fourth-order valence-electron chi connectivity index (χ4n) is 2.86. The molecule has 0 aliphatic heterocycles. The number of nitrogens with zero attached hydrogens (tertiary/aromatic N) is 1. The fourth-order valence-corrected chi connectivity index (χ4v) is 3.13. The van der Waals surface area contributed by atoms with E-state index in [4.69, 9.17) is 22.1 Å². The van der Waals surface area contributed by atoms with Crippen molar-refractivity contribution in [2.45, 2.75) is 31.2 Å². The summed E-state index contributed by atoms with van der Waals surface area (Å²) < 4.78 is 45.6. The lowest BCUT2D eigenvalue weighted by Gasteiger charge is -2.33. The first-order chi connectivity index (χ1) is 13.9. The number of aliphatic hydroxyl groups is 1. The van der Waals surface area contributed by atoms with E-state index in [9.17, 15) is 23.1 Å². The lowest BCUT2D eigenvalue weighted by Crippen LogP contribution is -2.49. The predicted octanol–water partition coefficient (Wildman–Crippen LogP) is 3.16. The van der Waals surface area contributed by atoms with Crippen molar-refractivity contribution >= 4 is 17.4 Å². The minimum Gasteiger partial charge on any atom is -0.493 e. The number of ether oxygens (including phenoxy) is 1. The summed E-state index contributed by atoms with van der Waals surface area (Å²) in [5, 5.41) is 12.8. The van der Waals surface area contributed by atoms with E-state index in [1.807, 2.05) is 0 Å². The van der Waals surface area contributed by atoms with Crippen LogP contribution >= 0.6 is 11.6 Å². The second kappa shape index (κ2) is 8.89. The van der Waals surface area contributed by atoms with Gasteiger partial charge in [-0.05, 0) is 19.9 Å². The molecule has 1 heterocycles. The summed E-state index contributed by atoms with van der Waals surface area (Å²) in [6.45, 7) is 2.03. The molecule has 10 heteroatoms. The van der Waals surface area contributed by atoms with Gasteiger partial charge in [0.05, 0.1) is 19.3 Å². The lowest BCUT2D eigenvalue weighted by molar-refractivity contribution is -0.263.